The average molecular weight is 233 g/mol. The monoisotopic (exact) mass is 233 g/mol. The van der Waals surface area contributed by atoms with Gasteiger partial charge in [0.2, 0.25) is 0 Å². The van der Waals surface area contributed by atoms with Crippen LogP contribution in [0.15, 0.2) is 24.3 Å². The fraction of sp³-hybridized carbons (Fsp3) is 0.600. The van der Waals surface area contributed by atoms with E-state index in [1.54, 1.807) is 0 Å². The molecule has 0 saturated carbocycles. The molecule has 94 valence electrons. The fourth-order valence-electron chi connectivity index (χ4n) is 2.73. The number of rotatable bonds is 5. The highest BCUT2D eigenvalue weighted by Crippen LogP contribution is 2.36. The molecule has 0 spiro atoms. The molecule has 2 unspecified atom stereocenters. The van der Waals surface area contributed by atoms with Gasteiger partial charge in [-0.3, -0.25) is 0 Å². The summed E-state index contributed by atoms with van der Waals surface area (Å²) in [4.78, 5) is 0. The Morgan fingerprint density at radius 3 is 3.00 bits per heavy atom. The summed E-state index contributed by atoms with van der Waals surface area (Å²) in [5.74, 6) is 1.75. The van der Waals surface area contributed by atoms with E-state index >= 15 is 0 Å². The molecule has 0 saturated heterocycles. The van der Waals surface area contributed by atoms with Crippen molar-refractivity contribution in [3.05, 3.63) is 29.8 Å². The minimum atomic E-state index is 0.635. The molecule has 1 N–H and O–H groups in total. The van der Waals surface area contributed by atoms with E-state index in [1.165, 1.54) is 24.8 Å². The second kappa shape index (κ2) is 6.06. The van der Waals surface area contributed by atoms with Crippen LogP contribution in [-0.2, 0) is 0 Å². The maximum atomic E-state index is 5.71. The van der Waals surface area contributed by atoms with E-state index in [0.29, 0.717) is 12.0 Å². The Bertz CT molecular complexity index is 351. The third kappa shape index (κ3) is 3.01. The first kappa shape index (κ1) is 12.4. The van der Waals surface area contributed by atoms with Gasteiger partial charge < -0.3 is 10.1 Å². The largest absolute Gasteiger partial charge is 0.493 e. The van der Waals surface area contributed by atoms with Crippen molar-refractivity contribution in [1.29, 1.82) is 0 Å². The number of nitrogens with one attached hydrogen (secondary N) is 1. The number of fused-ring (bicyclic) bond motifs is 1. The molecule has 2 atom stereocenters. The third-order valence-corrected chi connectivity index (χ3v) is 3.70. The van der Waals surface area contributed by atoms with Gasteiger partial charge in [0.25, 0.3) is 0 Å². The maximum Gasteiger partial charge on any atom is 0.122 e. The van der Waals surface area contributed by atoms with Crippen LogP contribution >= 0.6 is 0 Å². The fourth-order valence-corrected chi connectivity index (χ4v) is 2.73. The van der Waals surface area contributed by atoms with E-state index in [9.17, 15) is 0 Å². The van der Waals surface area contributed by atoms with Crippen molar-refractivity contribution in [1.82, 2.24) is 5.32 Å². The van der Waals surface area contributed by atoms with E-state index < -0.39 is 0 Å². The van der Waals surface area contributed by atoms with Crippen molar-refractivity contribution in [2.45, 2.75) is 44.6 Å². The van der Waals surface area contributed by atoms with Crippen molar-refractivity contribution in [2.24, 2.45) is 0 Å². The van der Waals surface area contributed by atoms with Gasteiger partial charge in [-0.15, -0.1) is 0 Å². The highest BCUT2D eigenvalue weighted by molar-refractivity contribution is 5.37. The van der Waals surface area contributed by atoms with Crippen molar-refractivity contribution >= 4 is 0 Å². The van der Waals surface area contributed by atoms with Crippen LogP contribution in [0, 0.1) is 0 Å². The van der Waals surface area contributed by atoms with Crippen LogP contribution < -0.4 is 10.1 Å². The summed E-state index contributed by atoms with van der Waals surface area (Å²) in [6.45, 7) is 3.12. The molecule has 0 amide bonds. The molecule has 1 aliphatic rings. The lowest BCUT2D eigenvalue weighted by Crippen LogP contribution is -2.28. The summed E-state index contributed by atoms with van der Waals surface area (Å²) in [6.07, 6.45) is 4.88. The second-order valence-electron chi connectivity index (χ2n) is 4.88. The van der Waals surface area contributed by atoms with Gasteiger partial charge in [-0.1, -0.05) is 31.5 Å². The SMILES string of the molecule is CCCC(CC1CCOc2ccccc21)NC. The molecule has 17 heavy (non-hydrogen) atoms. The first-order valence-electron chi connectivity index (χ1n) is 6.74. The normalized spacial score (nSPS) is 20.5. The minimum absolute atomic E-state index is 0.635. The molecule has 2 nitrogen and oxygen atoms in total. The summed E-state index contributed by atoms with van der Waals surface area (Å²) in [5.41, 5.74) is 1.40. The molecule has 2 heteroatoms. The predicted molar refractivity (Wildman–Crippen MR) is 71.7 cm³/mol. The molecule has 0 aliphatic carbocycles. The van der Waals surface area contributed by atoms with Crippen LogP contribution in [0.3, 0.4) is 0 Å². The van der Waals surface area contributed by atoms with Gasteiger partial charge in [0.15, 0.2) is 0 Å². The Morgan fingerprint density at radius 1 is 1.41 bits per heavy atom. The zero-order valence-electron chi connectivity index (χ0n) is 10.9. The highest BCUT2D eigenvalue weighted by Gasteiger charge is 2.23. The summed E-state index contributed by atoms with van der Waals surface area (Å²) in [7, 11) is 2.07. The summed E-state index contributed by atoms with van der Waals surface area (Å²) in [6, 6.07) is 9.13. The quantitative estimate of drug-likeness (QED) is 0.842. The van der Waals surface area contributed by atoms with E-state index in [-0.39, 0.29) is 0 Å². The summed E-state index contributed by atoms with van der Waals surface area (Å²) in [5, 5.41) is 3.44. The summed E-state index contributed by atoms with van der Waals surface area (Å²) < 4.78 is 5.71. The molecule has 1 aliphatic heterocycles. The molecule has 1 heterocycles. The molecular formula is C15H23NO. The lowest BCUT2D eigenvalue weighted by molar-refractivity contribution is 0.254. The van der Waals surface area contributed by atoms with Gasteiger partial charge in [0, 0.05) is 6.04 Å². The predicted octanol–water partition coefficient (Wildman–Crippen LogP) is 3.33. The van der Waals surface area contributed by atoms with E-state index in [0.717, 1.165) is 18.8 Å². The summed E-state index contributed by atoms with van der Waals surface area (Å²) >= 11 is 0. The van der Waals surface area contributed by atoms with E-state index in [2.05, 4.69) is 43.6 Å². The third-order valence-electron chi connectivity index (χ3n) is 3.70. The van der Waals surface area contributed by atoms with Gasteiger partial charge in [-0.2, -0.15) is 0 Å². The Kier molecular flexibility index (Phi) is 4.43. The maximum absolute atomic E-state index is 5.71. The Hall–Kier alpha value is -1.02. The van der Waals surface area contributed by atoms with Gasteiger partial charge >= 0.3 is 0 Å². The van der Waals surface area contributed by atoms with Gasteiger partial charge in [-0.05, 0) is 43.9 Å². The minimum Gasteiger partial charge on any atom is -0.493 e. The second-order valence-corrected chi connectivity index (χ2v) is 4.88. The molecule has 2 rings (SSSR count). The Balaban J connectivity index is 2.07. The van der Waals surface area contributed by atoms with Gasteiger partial charge in [0.05, 0.1) is 6.61 Å². The van der Waals surface area contributed by atoms with E-state index in [1.807, 2.05) is 0 Å². The molecule has 0 radical (unpaired) electrons. The first-order valence-corrected chi connectivity index (χ1v) is 6.74. The molecule has 1 aromatic rings. The molecular weight excluding hydrogens is 210 g/mol. The van der Waals surface area contributed by atoms with Crippen molar-refractivity contribution < 1.29 is 4.74 Å². The van der Waals surface area contributed by atoms with Crippen LogP contribution in [0.25, 0.3) is 0 Å². The number of hydrogen-bond acceptors (Lipinski definition) is 2. The smallest absolute Gasteiger partial charge is 0.122 e. The molecule has 0 fully saturated rings. The topological polar surface area (TPSA) is 21.3 Å². The molecule has 1 aromatic carbocycles. The number of ether oxygens (including phenoxy) is 1. The van der Waals surface area contributed by atoms with Crippen LogP contribution in [0.2, 0.25) is 0 Å². The number of para-hydroxylation sites is 1. The van der Waals surface area contributed by atoms with Crippen LogP contribution in [0.5, 0.6) is 5.75 Å². The Morgan fingerprint density at radius 2 is 2.24 bits per heavy atom. The first-order chi connectivity index (χ1) is 8.35. The number of benzene rings is 1. The standard InChI is InChI=1S/C15H23NO/c1-3-6-13(16-2)11-12-9-10-17-15-8-5-4-7-14(12)15/h4-5,7-8,12-13,16H,3,6,9-11H2,1-2H3. The molecule has 0 bridgehead atoms. The Labute approximate surface area is 104 Å². The highest BCUT2D eigenvalue weighted by atomic mass is 16.5. The van der Waals surface area contributed by atoms with Crippen LogP contribution in [0.4, 0.5) is 0 Å². The lowest BCUT2D eigenvalue weighted by atomic mass is 9.86. The lowest BCUT2D eigenvalue weighted by Gasteiger charge is -2.29. The zero-order valence-corrected chi connectivity index (χ0v) is 10.9. The van der Waals surface area contributed by atoms with Crippen molar-refractivity contribution in [3.8, 4) is 5.75 Å². The average Bonchev–Trinajstić information content (AvgIpc) is 2.38. The van der Waals surface area contributed by atoms with Crippen molar-refractivity contribution in [2.75, 3.05) is 13.7 Å². The molecule has 0 aromatic heterocycles. The van der Waals surface area contributed by atoms with Crippen LogP contribution in [0.1, 0.15) is 44.1 Å². The van der Waals surface area contributed by atoms with Gasteiger partial charge in [-0.25, -0.2) is 0 Å². The number of hydrogen-bond donors (Lipinski definition) is 1. The zero-order chi connectivity index (χ0) is 12.1. The van der Waals surface area contributed by atoms with E-state index in [4.69, 9.17) is 4.74 Å². The van der Waals surface area contributed by atoms with Gasteiger partial charge in [0.1, 0.15) is 5.75 Å². The van der Waals surface area contributed by atoms with Crippen molar-refractivity contribution in [3.63, 3.8) is 0 Å². The van der Waals surface area contributed by atoms with Crippen LogP contribution in [-0.4, -0.2) is 19.7 Å².